The summed E-state index contributed by atoms with van der Waals surface area (Å²) in [5, 5.41) is 3.88. The summed E-state index contributed by atoms with van der Waals surface area (Å²) >= 11 is 0. The van der Waals surface area contributed by atoms with E-state index in [1.165, 1.54) is 70.8 Å². The van der Waals surface area contributed by atoms with Crippen LogP contribution in [0.2, 0.25) is 0 Å². The largest absolute Gasteiger partial charge is 0.313 e. The number of nitrogens with one attached hydrogen (secondary N) is 1. The van der Waals surface area contributed by atoms with Crippen molar-refractivity contribution in [1.29, 1.82) is 0 Å². The van der Waals surface area contributed by atoms with Crippen LogP contribution in [0.4, 0.5) is 0 Å². The van der Waals surface area contributed by atoms with E-state index in [4.69, 9.17) is 0 Å². The van der Waals surface area contributed by atoms with Crippen LogP contribution < -0.4 is 5.32 Å². The second-order valence-electron chi connectivity index (χ2n) is 5.97. The van der Waals surface area contributed by atoms with E-state index in [0.717, 1.165) is 17.9 Å². The van der Waals surface area contributed by atoms with E-state index >= 15 is 0 Å². The highest BCUT2D eigenvalue weighted by Gasteiger charge is 2.23. The topological polar surface area (TPSA) is 12.0 Å². The minimum Gasteiger partial charge on any atom is -0.313 e. The Balaban J connectivity index is 1.70. The summed E-state index contributed by atoms with van der Waals surface area (Å²) in [6.07, 6.45) is 14.7. The second kappa shape index (κ2) is 6.64. The molecule has 2 aliphatic rings. The van der Waals surface area contributed by atoms with Crippen LogP contribution in [-0.4, -0.2) is 12.6 Å². The maximum absolute atomic E-state index is 3.88. The van der Waals surface area contributed by atoms with Gasteiger partial charge < -0.3 is 5.32 Å². The van der Waals surface area contributed by atoms with Gasteiger partial charge in [0.25, 0.3) is 0 Å². The van der Waals surface area contributed by atoms with E-state index in [2.05, 4.69) is 12.2 Å². The first kappa shape index (κ1) is 12.4. The third kappa shape index (κ3) is 3.48. The summed E-state index contributed by atoms with van der Waals surface area (Å²) in [5.41, 5.74) is 0. The maximum atomic E-state index is 3.88. The van der Waals surface area contributed by atoms with Gasteiger partial charge in [-0.1, -0.05) is 39.0 Å². The first-order chi connectivity index (χ1) is 7.90. The predicted octanol–water partition coefficient (Wildman–Crippen LogP) is 4.13. The summed E-state index contributed by atoms with van der Waals surface area (Å²) in [5.74, 6) is 1.98. The zero-order valence-electron chi connectivity index (χ0n) is 11.0. The Kier molecular flexibility index (Phi) is 5.15. The molecule has 2 rings (SSSR count). The summed E-state index contributed by atoms with van der Waals surface area (Å²) in [6.45, 7) is 3.66. The van der Waals surface area contributed by atoms with Crippen molar-refractivity contribution in [1.82, 2.24) is 5.32 Å². The Morgan fingerprint density at radius 1 is 0.938 bits per heavy atom. The van der Waals surface area contributed by atoms with Gasteiger partial charge in [-0.15, -0.1) is 0 Å². The van der Waals surface area contributed by atoms with E-state index in [1.54, 1.807) is 0 Å². The normalized spacial score (nSPS) is 26.1. The fourth-order valence-corrected chi connectivity index (χ4v) is 3.71. The molecule has 0 aromatic heterocycles. The molecule has 16 heavy (non-hydrogen) atoms. The highest BCUT2D eigenvalue weighted by Crippen LogP contribution is 2.29. The monoisotopic (exact) mass is 223 g/mol. The van der Waals surface area contributed by atoms with Gasteiger partial charge in [-0.3, -0.25) is 0 Å². The molecule has 0 aromatic carbocycles. The number of rotatable bonds is 5. The van der Waals surface area contributed by atoms with Gasteiger partial charge in [0.2, 0.25) is 0 Å². The minimum atomic E-state index is 0.820. The highest BCUT2D eigenvalue weighted by molar-refractivity contribution is 4.80. The van der Waals surface area contributed by atoms with E-state index in [-0.39, 0.29) is 0 Å². The molecular weight excluding hydrogens is 194 g/mol. The first-order valence-electron chi connectivity index (χ1n) is 7.63. The van der Waals surface area contributed by atoms with Crippen LogP contribution in [0.25, 0.3) is 0 Å². The summed E-state index contributed by atoms with van der Waals surface area (Å²) in [7, 11) is 0. The van der Waals surface area contributed by atoms with Gasteiger partial charge in [0, 0.05) is 6.04 Å². The van der Waals surface area contributed by atoms with Crippen molar-refractivity contribution >= 4 is 0 Å². The number of hydrogen-bond acceptors (Lipinski definition) is 1. The van der Waals surface area contributed by atoms with E-state index in [9.17, 15) is 0 Å². The molecule has 1 heteroatoms. The predicted molar refractivity (Wildman–Crippen MR) is 70.6 cm³/mol. The molecule has 2 saturated carbocycles. The van der Waals surface area contributed by atoms with Crippen molar-refractivity contribution in [3.63, 3.8) is 0 Å². The van der Waals surface area contributed by atoms with E-state index in [0.29, 0.717) is 0 Å². The lowest BCUT2D eigenvalue weighted by atomic mass is 9.83. The molecule has 0 spiro atoms. The highest BCUT2D eigenvalue weighted by atomic mass is 14.9. The van der Waals surface area contributed by atoms with E-state index in [1.807, 2.05) is 0 Å². The fraction of sp³-hybridized carbons (Fsp3) is 1.00. The van der Waals surface area contributed by atoms with Crippen molar-refractivity contribution < 1.29 is 0 Å². The maximum Gasteiger partial charge on any atom is 0.00928 e. The molecule has 2 aliphatic carbocycles. The lowest BCUT2D eigenvalue weighted by Crippen LogP contribution is -2.39. The molecule has 1 unspecified atom stereocenters. The quantitative estimate of drug-likeness (QED) is 0.739. The Hall–Kier alpha value is -0.0400. The molecule has 1 N–H and O–H groups in total. The standard InChI is InChI=1S/C15H29N/c1-2-15(14-10-4-3-5-11-14)16-12-13-8-6-7-9-13/h13-16H,2-12H2,1H3. The second-order valence-corrected chi connectivity index (χ2v) is 5.97. The van der Waals surface area contributed by atoms with Crippen LogP contribution in [0.5, 0.6) is 0 Å². The average Bonchev–Trinajstić information content (AvgIpc) is 2.84. The molecule has 1 atom stereocenters. The van der Waals surface area contributed by atoms with Gasteiger partial charge in [-0.25, -0.2) is 0 Å². The Bertz CT molecular complexity index is 178. The molecule has 1 nitrogen and oxygen atoms in total. The van der Waals surface area contributed by atoms with Crippen molar-refractivity contribution in [2.45, 2.75) is 77.2 Å². The van der Waals surface area contributed by atoms with Crippen LogP contribution in [-0.2, 0) is 0 Å². The van der Waals surface area contributed by atoms with Gasteiger partial charge in [-0.05, 0) is 50.5 Å². The summed E-state index contributed by atoms with van der Waals surface area (Å²) < 4.78 is 0. The fourth-order valence-electron chi connectivity index (χ4n) is 3.71. The Morgan fingerprint density at radius 2 is 1.56 bits per heavy atom. The first-order valence-corrected chi connectivity index (χ1v) is 7.63. The molecule has 0 saturated heterocycles. The summed E-state index contributed by atoms with van der Waals surface area (Å²) in [4.78, 5) is 0. The summed E-state index contributed by atoms with van der Waals surface area (Å²) in [6, 6.07) is 0.820. The molecule has 0 aliphatic heterocycles. The van der Waals surface area contributed by atoms with Crippen LogP contribution in [0, 0.1) is 11.8 Å². The molecule has 0 radical (unpaired) electrons. The molecule has 0 aromatic rings. The van der Waals surface area contributed by atoms with Crippen LogP contribution in [0.1, 0.15) is 71.1 Å². The van der Waals surface area contributed by atoms with Gasteiger partial charge in [-0.2, -0.15) is 0 Å². The molecule has 94 valence electrons. The Morgan fingerprint density at radius 3 is 2.19 bits per heavy atom. The van der Waals surface area contributed by atoms with Gasteiger partial charge in [0.1, 0.15) is 0 Å². The molecule has 0 amide bonds. The van der Waals surface area contributed by atoms with Crippen LogP contribution >= 0.6 is 0 Å². The minimum absolute atomic E-state index is 0.820. The molecule has 0 bridgehead atoms. The molecule has 0 heterocycles. The third-order valence-corrected chi connectivity index (χ3v) is 4.80. The zero-order chi connectivity index (χ0) is 11.2. The van der Waals surface area contributed by atoms with E-state index < -0.39 is 0 Å². The molecule has 2 fully saturated rings. The lowest BCUT2D eigenvalue weighted by molar-refractivity contribution is 0.254. The van der Waals surface area contributed by atoms with Gasteiger partial charge in [0.15, 0.2) is 0 Å². The van der Waals surface area contributed by atoms with Gasteiger partial charge >= 0.3 is 0 Å². The van der Waals surface area contributed by atoms with Gasteiger partial charge in [0.05, 0.1) is 0 Å². The Labute approximate surface area is 101 Å². The number of hydrogen-bond donors (Lipinski definition) is 1. The lowest BCUT2D eigenvalue weighted by Gasteiger charge is -2.31. The zero-order valence-corrected chi connectivity index (χ0v) is 11.0. The van der Waals surface area contributed by atoms with Crippen molar-refractivity contribution in [3.8, 4) is 0 Å². The SMILES string of the molecule is CCC(NCC1CCCC1)C1CCCCC1. The van der Waals surface area contributed by atoms with Crippen LogP contribution in [0.15, 0.2) is 0 Å². The smallest absolute Gasteiger partial charge is 0.00928 e. The van der Waals surface area contributed by atoms with Crippen LogP contribution in [0.3, 0.4) is 0 Å². The third-order valence-electron chi connectivity index (χ3n) is 4.80. The van der Waals surface area contributed by atoms with Crippen molar-refractivity contribution in [2.24, 2.45) is 11.8 Å². The van der Waals surface area contributed by atoms with Crippen molar-refractivity contribution in [3.05, 3.63) is 0 Å². The molecular formula is C15H29N. The average molecular weight is 223 g/mol. The van der Waals surface area contributed by atoms with Crippen molar-refractivity contribution in [2.75, 3.05) is 6.54 Å².